The largest absolute Gasteiger partial charge is 0.388 e. The van der Waals surface area contributed by atoms with Crippen LogP contribution < -0.4 is 16.5 Å². The molecule has 0 spiro atoms. The van der Waals surface area contributed by atoms with Gasteiger partial charge in [0, 0.05) is 23.7 Å². The van der Waals surface area contributed by atoms with Crippen LogP contribution in [0.3, 0.4) is 0 Å². The number of hydrogen-bond donors (Lipinski definition) is 2. The second-order valence-electron chi connectivity index (χ2n) is 4.69. The van der Waals surface area contributed by atoms with Gasteiger partial charge >= 0.3 is 5.95 Å². The zero-order valence-corrected chi connectivity index (χ0v) is 10.9. The topological polar surface area (TPSA) is 96.9 Å². The summed E-state index contributed by atoms with van der Waals surface area (Å²) in [6.45, 7) is 6.19. The Kier molecular flexibility index (Phi) is 3.18. The molecule has 0 saturated heterocycles. The number of hydrogen-bond acceptors (Lipinski definition) is 4. The van der Waals surface area contributed by atoms with Gasteiger partial charge in [-0.25, -0.2) is 4.98 Å². The van der Waals surface area contributed by atoms with Crippen LogP contribution in [0, 0.1) is 6.92 Å². The second-order valence-corrected chi connectivity index (χ2v) is 4.69. The van der Waals surface area contributed by atoms with E-state index in [2.05, 4.69) is 35.0 Å². The number of aromatic nitrogens is 4. The predicted molar refractivity (Wildman–Crippen MR) is 69.8 cm³/mol. The summed E-state index contributed by atoms with van der Waals surface area (Å²) in [7, 11) is 0. The number of nitrogens with zero attached hydrogens (tertiary/aromatic N) is 3. The molecule has 6 heteroatoms. The van der Waals surface area contributed by atoms with Crippen molar-refractivity contribution in [3.63, 3.8) is 0 Å². The molecule has 0 atom stereocenters. The van der Waals surface area contributed by atoms with Crippen LogP contribution in [0.5, 0.6) is 0 Å². The number of rotatable bonds is 3. The predicted octanol–water partition coefficient (Wildman–Crippen LogP) is 0.737. The van der Waals surface area contributed by atoms with E-state index < -0.39 is 0 Å². The Labute approximate surface area is 106 Å². The van der Waals surface area contributed by atoms with Crippen LogP contribution in [-0.4, -0.2) is 14.8 Å². The highest BCUT2D eigenvalue weighted by molar-refractivity contribution is 5.41. The van der Waals surface area contributed by atoms with Gasteiger partial charge in [0.2, 0.25) is 5.82 Å². The minimum atomic E-state index is 0.320. The Morgan fingerprint density at radius 1 is 1.39 bits per heavy atom. The van der Waals surface area contributed by atoms with Crippen LogP contribution in [-0.2, 0) is 6.42 Å². The van der Waals surface area contributed by atoms with Crippen molar-refractivity contribution in [3.8, 4) is 0 Å². The van der Waals surface area contributed by atoms with E-state index in [1.54, 1.807) is 6.20 Å². The van der Waals surface area contributed by atoms with Crippen molar-refractivity contribution < 1.29 is 4.98 Å². The van der Waals surface area contributed by atoms with Crippen molar-refractivity contribution in [1.29, 1.82) is 0 Å². The first-order valence-corrected chi connectivity index (χ1v) is 5.95. The SMILES string of the molecule is Cc1cc(Cc2c[nH+]c(N)nc2N)n(C(C)C)n1. The van der Waals surface area contributed by atoms with Gasteiger partial charge in [-0.15, -0.1) is 0 Å². The summed E-state index contributed by atoms with van der Waals surface area (Å²) in [5, 5.41) is 4.47. The Hall–Kier alpha value is -2.11. The second kappa shape index (κ2) is 4.64. The number of nitrogens with two attached hydrogens (primary N) is 2. The summed E-state index contributed by atoms with van der Waals surface area (Å²) < 4.78 is 2.01. The van der Waals surface area contributed by atoms with Gasteiger partial charge in [0.25, 0.3) is 0 Å². The average molecular weight is 247 g/mol. The van der Waals surface area contributed by atoms with Gasteiger partial charge in [-0.3, -0.25) is 10.4 Å². The first-order valence-electron chi connectivity index (χ1n) is 5.95. The molecule has 2 aromatic rings. The Balaban J connectivity index is 2.33. The van der Waals surface area contributed by atoms with E-state index in [4.69, 9.17) is 11.5 Å². The van der Waals surface area contributed by atoms with Gasteiger partial charge in [-0.05, 0) is 26.8 Å². The van der Waals surface area contributed by atoms with Crippen LogP contribution in [0.1, 0.15) is 36.8 Å². The summed E-state index contributed by atoms with van der Waals surface area (Å²) >= 11 is 0. The number of aromatic amines is 1. The molecule has 0 aromatic carbocycles. The first-order chi connectivity index (χ1) is 8.47. The fourth-order valence-electron chi connectivity index (χ4n) is 1.95. The molecule has 0 fully saturated rings. The van der Waals surface area contributed by atoms with E-state index in [-0.39, 0.29) is 0 Å². The molecular formula is C12H19N6+. The lowest BCUT2D eigenvalue weighted by molar-refractivity contribution is -0.364. The van der Waals surface area contributed by atoms with E-state index in [1.165, 1.54) is 0 Å². The average Bonchev–Trinajstić information content (AvgIpc) is 2.64. The molecule has 0 radical (unpaired) electrons. The molecular weight excluding hydrogens is 228 g/mol. The molecule has 0 unspecified atom stereocenters. The third kappa shape index (κ3) is 2.42. The van der Waals surface area contributed by atoms with Crippen molar-refractivity contribution in [1.82, 2.24) is 14.8 Å². The Morgan fingerprint density at radius 2 is 2.11 bits per heavy atom. The first kappa shape index (κ1) is 12.3. The van der Waals surface area contributed by atoms with E-state index in [9.17, 15) is 0 Å². The van der Waals surface area contributed by atoms with Gasteiger partial charge in [0.15, 0.2) is 0 Å². The fraction of sp³-hybridized carbons (Fsp3) is 0.417. The fourth-order valence-corrected chi connectivity index (χ4v) is 1.95. The molecule has 2 rings (SSSR count). The van der Waals surface area contributed by atoms with E-state index in [0.29, 0.717) is 24.2 Å². The molecule has 96 valence electrons. The van der Waals surface area contributed by atoms with Crippen LogP contribution in [0.4, 0.5) is 11.8 Å². The molecule has 0 bridgehead atoms. The van der Waals surface area contributed by atoms with Gasteiger partial charge in [-0.2, -0.15) is 5.10 Å². The molecule has 0 aliphatic heterocycles. The standard InChI is InChI=1S/C12H18N6/c1-7(2)18-10(4-8(3)17-18)5-9-6-15-12(14)16-11(9)13/h4,6-7H,5H2,1-3H3,(H4,13,14,15,16)/p+1. The molecule has 2 aromatic heterocycles. The van der Waals surface area contributed by atoms with Gasteiger partial charge in [-0.1, -0.05) is 4.98 Å². The van der Waals surface area contributed by atoms with E-state index in [0.717, 1.165) is 17.0 Å². The van der Waals surface area contributed by atoms with Gasteiger partial charge in [0.05, 0.1) is 11.9 Å². The lowest BCUT2D eigenvalue weighted by Gasteiger charge is -2.10. The number of H-pyrrole nitrogens is 1. The molecule has 0 aliphatic carbocycles. The maximum absolute atomic E-state index is 5.86. The summed E-state index contributed by atoms with van der Waals surface area (Å²) in [5.41, 5.74) is 14.4. The number of aryl methyl sites for hydroxylation is 1. The molecule has 18 heavy (non-hydrogen) atoms. The molecule has 0 aliphatic rings. The Bertz CT molecular complexity index is 558. The third-order valence-corrected chi connectivity index (χ3v) is 2.76. The molecule has 2 heterocycles. The summed E-state index contributed by atoms with van der Waals surface area (Å²) in [4.78, 5) is 6.89. The summed E-state index contributed by atoms with van der Waals surface area (Å²) in [6.07, 6.45) is 2.49. The van der Waals surface area contributed by atoms with E-state index >= 15 is 0 Å². The molecule has 6 nitrogen and oxygen atoms in total. The number of nitrogen functional groups attached to an aromatic ring is 2. The smallest absolute Gasteiger partial charge is 0.370 e. The monoisotopic (exact) mass is 247 g/mol. The van der Waals surface area contributed by atoms with Gasteiger partial charge < -0.3 is 5.73 Å². The lowest BCUT2D eigenvalue weighted by atomic mass is 10.1. The normalized spacial score (nSPS) is 11.1. The summed E-state index contributed by atoms with van der Waals surface area (Å²) in [5.74, 6) is 0.783. The van der Waals surface area contributed by atoms with Crippen molar-refractivity contribution in [2.75, 3.05) is 11.5 Å². The maximum atomic E-state index is 5.86. The van der Waals surface area contributed by atoms with Crippen LogP contribution in [0.25, 0.3) is 0 Å². The zero-order valence-electron chi connectivity index (χ0n) is 10.9. The molecule has 0 amide bonds. The van der Waals surface area contributed by atoms with Crippen LogP contribution >= 0.6 is 0 Å². The zero-order chi connectivity index (χ0) is 13.3. The highest BCUT2D eigenvalue weighted by atomic mass is 15.3. The van der Waals surface area contributed by atoms with Crippen molar-refractivity contribution in [2.45, 2.75) is 33.2 Å². The number of nitrogens with one attached hydrogen (secondary N) is 1. The number of anilines is 2. The summed E-state index contributed by atoms with van der Waals surface area (Å²) in [6, 6.07) is 2.39. The highest BCUT2D eigenvalue weighted by Crippen LogP contribution is 2.17. The van der Waals surface area contributed by atoms with Crippen molar-refractivity contribution in [2.24, 2.45) is 0 Å². The lowest BCUT2D eigenvalue weighted by Crippen LogP contribution is -2.17. The van der Waals surface area contributed by atoms with Crippen LogP contribution in [0.15, 0.2) is 12.3 Å². The Morgan fingerprint density at radius 3 is 2.72 bits per heavy atom. The highest BCUT2D eigenvalue weighted by Gasteiger charge is 2.13. The minimum Gasteiger partial charge on any atom is -0.370 e. The maximum Gasteiger partial charge on any atom is 0.388 e. The van der Waals surface area contributed by atoms with Crippen LogP contribution in [0.2, 0.25) is 0 Å². The molecule has 0 saturated carbocycles. The van der Waals surface area contributed by atoms with Crippen molar-refractivity contribution in [3.05, 3.63) is 29.2 Å². The van der Waals surface area contributed by atoms with Gasteiger partial charge in [0.1, 0.15) is 0 Å². The third-order valence-electron chi connectivity index (χ3n) is 2.76. The quantitative estimate of drug-likeness (QED) is 0.835. The minimum absolute atomic E-state index is 0.320. The van der Waals surface area contributed by atoms with Crippen molar-refractivity contribution >= 4 is 11.8 Å². The van der Waals surface area contributed by atoms with E-state index in [1.807, 2.05) is 11.6 Å². The molecule has 5 N–H and O–H groups in total.